The predicted octanol–water partition coefficient (Wildman–Crippen LogP) is 1.36. The molecule has 2 rings (SSSR count). The van der Waals surface area contributed by atoms with E-state index in [0.29, 0.717) is 11.2 Å². The summed E-state index contributed by atoms with van der Waals surface area (Å²) in [6.07, 6.45) is 3.94. The Kier molecular flexibility index (Phi) is 1.78. The smallest absolute Gasteiger partial charge is 0.168 e. The highest BCUT2D eigenvalue weighted by Crippen LogP contribution is 2.41. The third-order valence-corrected chi connectivity index (χ3v) is 3.11. The van der Waals surface area contributed by atoms with E-state index in [1.807, 2.05) is 11.6 Å². The Balaban J connectivity index is 2.13. The van der Waals surface area contributed by atoms with Gasteiger partial charge in [0.25, 0.3) is 0 Å². The molecule has 0 bridgehead atoms. The summed E-state index contributed by atoms with van der Waals surface area (Å²) >= 11 is 0. The largest absolute Gasteiger partial charge is 0.381 e. The zero-order valence-corrected chi connectivity index (χ0v) is 8.25. The van der Waals surface area contributed by atoms with Crippen molar-refractivity contribution in [1.82, 2.24) is 15.0 Å². The second kappa shape index (κ2) is 2.72. The van der Waals surface area contributed by atoms with Gasteiger partial charge in [0, 0.05) is 6.54 Å². The van der Waals surface area contributed by atoms with Crippen LogP contribution in [-0.4, -0.2) is 15.0 Å². The molecule has 13 heavy (non-hydrogen) atoms. The van der Waals surface area contributed by atoms with E-state index in [9.17, 15) is 0 Å². The number of nitrogen functional groups attached to an aromatic ring is 1. The molecule has 0 atom stereocenters. The lowest BCUT2D eigenvalue weighted by atomic mass is 9.70. The zero-order valence-electron chi connectivity index (χ0n) is 8.25. The fraction of sp³-hybridized carbons (Fsp3) is 0.778. The van der Waals surface area contributed by atoms with Gasteiger partial charge in [-0.05, 0) is 25.2 Å². The maximum absolute atomic E-state index is 5.62. The van der Waals surface area contributed by atoms with Gasteiger partial charge in [-0.3, -0.25) is 0 Å². The average molecular weight is 180 g/mol. The first-order valence-electron chi connectivity index (χ1n) is 4.76. The van der Waals surface area contributed by atoms with Crippen molar-refractivity contribution in [2.45, 2.75) is 39.7 Å². The fourth-order valence-corrected chi connectivity index (χ4v) is 1.82. The van der Waals surface area contributed by atoms with Gasteiger partial charge in [0.05, 0.1) is 5.69 Å². The number of hydrogen-bond acceptors (Lipinski definition) is 3. The molecular formula is C9H16N4. The van der Waals surface area contributed by atoms with E-state index >= 15 is 0 Å². The number of nitrogens with zero attached hydrogens (tertiary/aromatic N) is 3. The predicted molar refractivity (Wildman–Crippen MR) is 51.1 cm³/mol. The topological polar surface area (TPSA) is 56.7 Å². The normalized spacial score (nSPS) is 19.8. The summed E-state index contributed by atoms with van der Waals surface area (Å²) in [5.41, 5.74) is 7.05. The SMILES string of the molecule is Cc1c(N)nnn1CC1(C)CCC1. The van der Waals surface area contributed by atoms with E-state index in [1.54, 1.807) is 0 Å². The third-order valence-electron chi connectivity index (χ3n) is 3.11. The lowest BCUT2D eigenvalue weighted by Crippen LogP contribution is -2.31. The molecule has 2 N–H and O–H groups in total. The lowest BCUT2D eigenvalue weighted by Gasteiger charge is -2.38. The number of nitrogens with two attached hydrogens (primary N) is 1. The van der Waals surface area contributed by atoms with Gasteiger partial charge in [0.15, 0.2) is 5.82 Å². The van der Waals surface area contributed by atoms with Crippen molar-refractivity contribution < 1.29 is 0 Å². The highest BCUT2D eigenvalue weighted by molar-refractivity contribution is 5.31. The fourth-order valence-electron chi connectivity index (χ4n) is 1.82. The van der Waals surface area contributed by atoms with Crippen LogP contribution in [-0.2, 0) is 6.54 Å². The molecular weight excluding hydrogens is 164 g/mol. The van der Waals surface area contributed by atoms with Gasteiger partial charge in [-0.2, -0.15) is 0 Å². The molecule has 1 heterocycles. The van der Waals surface area contributed by atoms with Crippen LogP contribution in [0.1, 0.15) is 31.9 Å². The van der Waals surface area contributed by atoms with Crippen LogP contribution in [0.5, 0.6) is 0 Å². The summed E-state index contributed by atoms with van der Waals surface area (Å²) in [4.78, 5) is 0. The average Bonchev–Trinajstić information content (AvgIpc) is 2.33. The second-order valence-corrected chi connectivity index (χ2v) is 4.38. The van der Waals surface area contributed by atoms with Crippen LogP contribution < -0.4 is 5.73 Å². The van der Waals surface area contributed by atoms with Gasteiger partial charge in [-0.15, -0.1) is 5.10 Å². The van der Waals surface area contributed by atoms with Gasteiger partial charge in [-0.1, -0.05) is 18.6 Å². The van der Waals surface area contributed by atoms with E-state index in [1.165, 1.54) is 19.3 Å². The molecule has 1 saturated carbocycles. The standard InChI is InChI=1S/C9H16N4/c1-7-8(10)11-12-13(7)6-9(2)4-3-5-9/h3-6,10H2,1-2H3. The van der Waals surface area contributed by atoms with Gasteiger partial charge in [-0.25, -0.2) is 4.68 Å². The van der Waals surface area contributed by atoms with Crippen LogP contribution in [0.15, 0.2) is 0 Å². The van der Waals surface area contributed by atoms with E-state index in [0.717, 1.165) is 12.2 Å². The van der Waals surface area contributed by atoms with E-state index in [4.69, 9.17) is 5.73 Å². The molecule has 4 nitrogen and oxygen atoms in total. The molecule has 0 spiro atoms. The number of anilines is 1. The highest BCUT2D eigenvalue weighted by Gasteiger charge is 2.32. The Morgan fingerprint density at radius 3 is 2.62 bits per heavy atom. The minimum absolute atomic E-state index is 0.435. The molecule has 0 amide bonds. The number of aromatic nitrogens is 3. The first-order chi connectivity index (χ1) is 6.11. The molecule has 4 heteroatoms. The molecule has 0 radical (unpaired) electrons. The maximum atomic E-state index is 5.62. The molecule has 0 aliphatic heterocycles. The first-order valence-corrected chi connectivity index (χ1v) is 4.76. The van der Waals surface area contributed by atoms with Crippen LogP contribution in [0.2, 0.25) is 0 Å². The van der Waals surface area contributed by atoms with E-state index in [-0.39, 0.29) is 0 Å². The van der Waals surface area contributed by atoms with Crippen LogP contribution in [0.3, 0.4) is 0 Å². The van der Waals surface area contributed by atoms with Crippen LogP contribution in [0.4, 0.5) is 5.82 Å². The van der Waals surface area contributed by atoms with Crippen molar-refractivity contribution in [2.24, 2.45) is 5.41 Å². The van der Waals surface area contributed by atoms with Crippen LogP contribution >= 0.6 is 0 Å². The summed E-state index contributed by atoms with van der Waals surface area (Å²) in [6.45, 7) is 5.23. The Hall–Kier alpha value is -1.06. The number of rotatable bonds is 2. The molecule has 1 aromatic rings. The molecule has 1 aliphatic rings. The van der Waals surface area contributed by atoms with Gasteiger partial charge in [0.1, 0.15) is 0 Å². The van der Waals surface area contributed by atoms with Crippen LogP contribution in [0, 0.1) is 12.3 Å². The Bertz CT molecular complexity index is 311. The van der Waals surface area contributed by atoms with Crippen molar-refractivity contribution in [3.05, 3.63) is 5.69 Å². The van der Waals surface area contributed by atoms with E-state index in [2.05, 4.69) is 17.2 Å². The Morgan fingerprint density at radius 2 is 2.23 bits per heavy atom. The summed E-state index contributed by atoms with van der Waals surface area (Å²) in [5.74, 6) is 0.558. The van der Waals surface area contributed by atoms with Crippen molar-refractivity contribution in [3.63, 3.8) is 0 Å². The van der Waals surface area contributed by atoms with Gasteiger partial charge in [0.2, 0.25) is 0 Å². The number of hydrogen-bond donors (Lipinski definition) is 1. The first kappa shape index (κ1) is 8.53. The molecule has 0 unspecified atom stereocenters. The molecule has 1 aromatic heterocycles. The van der Waals surface area contributed by atoms with Crippen molar-refractivity contribution in [3.8, 4) is 0 Å². The second-order valence-electron chi connectivity index (χ2n) is 4.38. The summed E-state index contributed by atoms with van der Waals surface area (Å²) in [7, 11) is 0. The zero-order chi connectivity index (χ0) is 9.47. The highest BCUT2D eigenvalue weighted by atomic mass is 15.4. The van der Waals surface area contributed by atoms with Crippen LogP contribution in [0.25, 0.3) is 0 Å². The molecule has 72 valence electrons. The minimum Gasteiger partial charge on any atom is -0.381 e. The lowest BCUT2D eigenvalue weighted by molar-refractivity contribution is 0.124. The molecule has 0 aromatic carbocycles. The minimum atomic E-state index is 0.435. The molecule has 1 aliphatic carbocycles. The Morgan fingerprint density at radius 1 is 1.54 bits per heavy atom. The molecule has 0 saturated heterocycles. The van der Waals surface area contributed by atoms with Crippen molar-refractivity contribution >= 4 is 5.82 Å². The summed E-state index contributed by atoms with van der Waals surface area (Å²) in [6, 6.07) is 0. The van der Waals surface area contributed by atoms with Crippen molar-refractivity contribution in [1.29, 1.82) is 0 Å². The third kappa shape index (κ3) is 1.41. The van der Waals surface area contributed by atoms with E-state index < -0.39 is 0 Å². The van der Waals surface area contributed by atoms with Crippen molar-refractivity contribution in [2.75, 3.05) is 5.73 Å². The Labute approximate surface area is 78.1 Å². The maximum Gasteiger partial charge on any atom is 0.168 e. The van der Waals surface area contributed by atoms with Gasteiger partial charge >= 0.3 is 0 Å². The molecule has 1 fully saturated rings. The summed E-state index contributed by atoms with van der Waals surface area (Å²) < 4.78 is 1.93. The summed E-state index contributed by atoms with van der Waals surface area (Å²) in [5, 5.41) is 7.87. The quantitative estimate of drug-likeness (QED) is 0.747. The van der Waals surface area contributed by atoms with Gasteiger partial charge < -0.3 is 5.73 Å². The monoisotopic (exact) mass is 180 g/mol.